The molecule has 0 fully saturated rings. The number of hydrogen-bond acceptors (Lipinski definition) is 5. The highest BCUT2D eigenvalue weighted by Gasteiger charge is 2.23. The molecule has 0 heterocycles. The van der Waals surface area contributed by atoms with Crippen LogP contribution in [0.15, 0.2) is 12.1 Å². The van der Waals surface area contributed by atoms with E-state index in [1.807, 2.05) is 0 Å². The summed E-state index contributed by atoms with van der Waals surface area (Å²) < 4.78 is 15.9. The van der Waals surface area contributed by atoms with Gasteiger partial charge >= 0.3 is 0 Å². The molecule has 0 spiro atoms. The van der Waals surface area contributed by atoms with E-state index in [0.717, 1.165) is 6.42 Å². The molecule has 0 bridgehead atoms. The molecule has 1 aromatic carbocycles. The summed E-state index contributed by atoms with van der Waals surface area (Å²) >= 11 is 0. The summed E-state index contributed by atoms with van der Waals surface area (Å²) in [5.74, 6) is 2.25. The van der Waals surface area contributed by atoms with Gasteiger partial charge in [0.2, 0.25) is 0 Å². The molecule has 0 aliphatic heterocycles. The third-order valence-corrected chi connectivity index (χ3v) is 3.55. The van der Waals surface area contributed by atoms with Gasteiger partial charge in [-0.15, -0.1) is 12.4 Å². The zero-order valence-corrected chi connectivity index (χ0v) is 14.8. The number of benzene rings is 1. The lowest BCUT2D eigenvalue weighted by Gasteiger charge is -2.23. The van der Waals surface area contributed by atoms with Gasteiger partial charge in [0, 0.05) is 11.6 Å². The maximum atomic E-state index is 10.3. The molecule has 0 radical (unpaired) electrons. The molecule has 2 atom stereocenters. The highest BCUT2D eigenvalue weighted by molar-refractivity contribution is 5.85. The monoisotopic (exact) mass is 333 g/mol. The van der Waals surface area contributed by atoms with E-state index in [4.69, 9.17) is 19.9 Å². The summed E-state index contributed by atoms with van der Waals surface area (Å²) in [5, 5.41) is 10.3. The molecule has 5 nitrogen and oxygen atoms in total. The molecule has 0 aromatic heterocycles. The SMILES string of the molecule is COc1cc(OC)c([C@H](N)[C@H](O)CCC(C)C)cc1OC.Cl. The molecule has 0 aliphatic carbocycles. The molecular weight excluding hydrogens is 306 g/mol. The minimum atomic E-state index is -0.626. The van der Waals surface area contributed by atoms with Gasteiger partial charge in [-0.05, 0) is 24.8 Å². The van der Waals surface area contributed by atoms with E-state index in [0.29, 0.717) is 35.2 Å². The first-order chi connectivity index (χ1) is 9.94. The Labute approximate surface area is 139 Å². The Bertz CT molecular complexity index is 454. The molecular formula is C16H28ClNO4. The van der Waals surface area contributed by atoms with Crippen LogP contribution in [0.1, 0.15) is 38.3 Å². The molecule has 22 heavy (non-hydrogen) atoms. The Morgan fingerprint density at radius 2 is 1.45 bits per heavy atom. The van der Waals surface area contributed by atoms with Crippen LogP contribution in [0, 0.1) is 5.92 Å². The van der Waals surface area contributed by atoms with Crippen LogP contribution in [0.2, 0.25) is 0 Å². The Balaban J connectivity index is 0.00000441. The fourth-order valence-corrected chi connectivity index (χ4v) is 2.20. The lowest BCUT2D eigenvalue weighted by atomic mass is 9.95. The van der Waals surface area contributed by atoms with E-state index >= 15 is 0 Å². The molecule has 128 valence electrons. The summed E-state index contributed by atoms with van der Waals surface area (Å²) in [4.78, 5) is 0. The fourth-order valence-electron chi connectivity index (χ4n) is 2.20. The smallest absolute Gasteiger partial charge is 0.164 e. The summed E-state index contributed by atoms with van der Waals surface area (Å²) in [6.07, 6.45) is 0.945. The first kappa shape index (κ1) is 20.8. The van der Waals surface area contributed by atoms with Gasteiger partial charge in [0.1, 0.15) is 5.75 Å². The zero-order valence-electron chi connectivity index (χ0n) is 14.0. The van der Waals surface area contributed by atoms with Crippen molar-refractivity contribution in [2.75, 3.05) is 21.3 Å². The number of hydrogen-bond donors (Lipinski definition) is 2. The Hall–Kier alpha value is -1.17. The summed E-state index contributed by atoms with van der Waals surface area (Å²) in [6.45, 7) is 4.24. The van der Waals surface area contributed by atoms with Gasteiger partial charge in [-0.25, -0.2) is 0 Å². The number of ether oxygens (including phenoxy) is 3. The van der Waals surface area contributed by atoms with Crippen molar-refractivity contribution in [3.05, 3.63) is 17.7 Å². The quantitative estimate of drug-likeness (QED) is 0.765. The van der Waals surface area contributed by atoms with E-state index in [1.54, 1.807) is 33.5 Å². The first-order valence-electron chi connectivity index (χ1n) is 7.18. The average Bonchev–Trinajstić information content (AvgIpc) is 2.50. The van der Waals surface area contributed by atoms with Crippen molar-refractivity contribution in [3.8, 4) is 17.2 Å². The molecule has 0 saturated heterocycles. The predicted molar refractivity (Wildman–Crippen MR) is 90.4 cm³/mol. The molecule has 6 heteroatoms. The number of nitrogens with two attached hydrogens (primary N) is 1. The predicted octanol–water partition coefficient (Wildman–Crippen LogP) is 2.93. The van der Waals surface area contributed by atoms with Crippen LogP contribution in [0.3, 0.4) is 0 Å². The van der Waals surface area contributed by atoms with Crippen LogP contribution in [0.5, 0.6) is 17.2 Å². The van der Waals surface area contributed by atoms with Crippen molar-refractivity contribution >= 4 is 12.4 Å². The van der Waals surface area contributed by atoms with E-state index in [2.05, 4.69) is 13.8 Å². The van der Waals surface area contributed by atoms with Gasteiger partial charge < -0.3 is 25.1 Å². The first-order valence-corrected chi connectivity index (χ1v) is 7.18. The van der Waals surface area contributed by atoms with Crippen LogP contribution in [-0.4, -0.2) is 32.5 Å². The highest BCUT2D eigenvalue weighted by atomic mass is 35.5. The van der Waals surface area contributed by atoms with Crippen LogP contribution >= 0.6 is 12.4 Å². The number of aliphatic hydroxyl groups excluding tert-OH is 1. The van der Waals surface area contributed by atoms with Gasteiger partial charge in [0.15, 0.2) is 11.5 Å². The number of rotatable bonds is 8. The van der Waals surface area contributed by atoms with Crippen LogP contribution in [0.4, 0.5) is 0 Å². The standard InChI is InChI=1S/C16H27NO4.ClH/c1-10(2)6-7-12(18)16(17)11-8-14(20-4)15(21-5)9-13(11)19-3;/h8-10,12,16,18H,6-7,17H2,1-5H3;1H/t12-,16+;/m1./s1. The van der Waals surface area contributed by atoms with Crippen molar-refractivity contribution in [1.82, 2.24) is 0 Å². The topological polar surface area (TPSA) is 73.9 Å². The van der Waals surface area contributed by atoms with Crippen molar-refractivity contribution in [2.24, 2.45) is 11.7 Å². The van der Waals surface area contributed by atoms with Gasteiger partial charge in [-0.2, -0.15) is 0 Å². The minimum Gasteiger partial charge on any atom is -0.496 e. The van der Waals surface area contributed by atoms with E-state index in [-0.39, 0.29) is 12.4 Å². The Kier molecular flexibility index (Phi) is 9.25. The minimum absolute atomic E-state index is 0. The molecule has 0 aliphatic rings. The third kappa shape index (κ3) is 5.23. The summed E-state index contributed by atoms with van der Waals surface area (Å²) in [7, 11) is 4.70. The lowest BCUT2D eigenvalue weighted by Crippen LogP contribution is -2.27. The Morgan fingerprint density at radius 3 is 1.91 bits per heavy atom. The second-order valence-corrected chi connectivity index (χ2v) is 5.51. The van der Waals surface area contributed by atoms with Crippen LogP contribution in [-0.2, 0) is 0 Å². The molecule has 1 aromatic rings. The summed E-state index contributed by atoms with van der Waals surface area (Å²) in [5.41, 5.74) is 6.90. The van der Waals surface area contributed by atoms with E-state index in [9.17, 15) is 5.11 Å². The Morgan fingerprint density at radius 1 is 0.955 bits per heavy atom. The van der Waals surface area contributed by atoms with Crippen LogP contribution < -0.4 is 19.9 Å². The maximum absolute atomic E-state index is 10.3. The van der Waals surface area contributed by atoms with Crippen molar-refractivity contribution < 1.29 is 19.3 Å². The number of halogens is 1. The molecule has 0 unspecified atom stereocenters. The summed E-state index contributed by atoms with van der Waals surface area (Å²) in [6, 6.07) is 2.96. The lowest BCUT2D eigenvalue weighted by molar-refractivity contribution is 0.127. The van der Waals surface area contributed by atoms with Gasteiger partial charge in [0.05, 0.1) is 33.5 Å². The number of methoxy groups -OCH3 is 3. The van der Waals surface area contributed by atoms with Gasteiger partial charge in [-0.3, -0.25) is 0 Å². The van der Waals surface area contributed by atoms with Crippen molar-refractivity contribution in [1.29, 1.82) is 0 Å². The molecule has 0 amide bonds. The van der Waals surface area contributed by atoms with Crippen molar-refractivity contribution in [3.63, 3.8) is 0 Å². The van der Waals surface area contributed by atoms with Crippen LogP contribution in [0.25, 0.3) is 0 Å². The second-order valence-electron chi connectivity index (χ2n) is 5.51. The average molecular weight is 334 g/mol. The van der Waals surface area contributed by atoms with Gasteiger partial charge in [0.25, 0.3) is 0 Å². The van der Waals surface area contributed by atoms with Crippen molar-refractivity contribution in [2.45, 2.75) is 38.8 Å². The molecule has 3 N–H and O–H groups in total. The maximum Gasteiger partial charge on any atom is 0.164 e. The van der Waals surface area contributed by atoms with E-state index < -0.39 is 12.1 Å². The fraction of sp³-hybridized carbons (Fsp3) is 0.625. The number of aliphatic hydroxyl groups is 1. The van der Waals surface area contributed by atoms with E-state index in [1.165, 1.54) is 0 Å². The molecule has 0 saturated carbocycles. The highest BCUT2D eigenvalue weighted by Crippen LogP contribution is 2.38. The zero-order chi connectivity index (χ0) is 16.0. The third-order valence-electron chi connectivity index (χ3n) is 3.55. The second kappa shape index (κ2) is 9.77. The van der Waals surface area contributed by atoms with Gasteiger partial charge in [-0.1, -0.05) is 13.8 Å². The largest absolute Gasteiger partial charge is 0.496 e. The molecule has 1 rings (SSSR count). The normalized spacial score (nSPS) is 13.3.